The lowest BCUT2D eigenvalue weighted by atomic mass is 10.1. The molecule has 1 atom stereocenters. The highest BCUT2D eigenvalue weighted by Crippen LogP contribution is 2.11. The van der Waals surface area contributed by atoms with E-state index in [4.69, 9.17) is 15.7 Å². The van der Waals surface area contributed by atoms with Crippen molar-refractivity contribution in [3.8, 4) is 0 Å². The average molecular weight is 300 g/mol. The van der Waals surface area contributed by atoms with E-state index < -0.39 is 0 Å². The maximum absolute atomic E-state index is 8.66. The summed E-state index contributed by atoms with van der Waals surface area (Å²) in [6.45, 7) is 14.4. The van der Waals surface area contributed by atoms with Crippen molar-refractivity contribution >= 4 is 5.84 Å². The summed E-state index contributed by atoms with van der Waals surface area (Å²) < 4.78 is 5.91. The van der Waals surface area contributed by atoms with E-state index in [1.54, 1.807) is 0 Å². The minimum Gasteiger partial charge on any atom is -0.409 e. The van der Waals surface area contributed by atoms with E-state index in [0.29, 0.717) is 18.4 Å². The molecule has 0 spiro atoms. The van der Waals surface area contributed by atoms with E-state index >= 15 is 0 Å². The van der Waals surface area contributed by atoms with Crippen LogP contribution >= 0.6 is 0 Å². The Hall–Kier alpha value is -0.850. The van der Waals surface area contributed by atoms with Crippen LogP contribution in [0.15, 0.2) is 5.16 Å². The zero-order valence-electron chi connectivity index (χ0n) is 14.0. The summed E-state index contributed by atoms with van der Waals surface area (Å²) in [5, 5.41) is 11.7. The van der Waals surface area contributed by atoms with Crippen molar-refractivity contribution in [1.29, 1.82) is 0 Å². The first-order chi connectivity index (χ1) is 9.92. The normalized spacial score (nSPS) is 21.7. The number of rotatable bonds is 8. The fraction of sp³-hybridized carbons (Fsp3) is 0.933. The Labute approximate surface area is 128 Å². The van der Waals surface area contributed by atoms with Crippen molar-refractivity contribution < 1.29 is 9.94 Å². The molecule has 0 saturated carbocycles. The number of nitrogens with zero attached hydrogens (tertiary/aromatic N) is 3. The molecule has 124 valence electrons. The molecule has 0 bridgehead atoms. The summed E-state index contributed by atoms with van der Waals surface area (Å²) >= 11 is 0. The van der Waals surface area contributed by atoms with Crippen LogP contribution in [0.1, 0.15) is 34.1 Å². The molecule has 0 radical (unpaired) electrons. The van der Waals surface area contributed by atoms with E-state index in [9.17, 15) is 0 Å². The lowest BCUT2D eigenvalue weighted by Crippen LogP contribution is -2.50. The van der Waals surface area contributed by atoms with Gasteiger partial charge in [-0.1, -0.05) is 19.0 Å². The predicted octanol–water partition coefficient (Wildman–Crippen LogP) is 1.19. The highest BCUT2D eigenvalue weighted by Gasteiger charge is 2.24. The molecule has 6 heteroatoms. The van der Waals surface area contributed by atoms with Crippen LogP contribution in [0.25, 0.3) is 0 Å². The van der Waals surface area contributed by atoms with Gasteiger partial charge < -0.3 is 20.6 Å². The first-order valence-electron chi connectivity index (χ1n) is 7.96. The van der Waals surface area contributed by atoms with E-state index in [1.807, 2.05) is 0 Å². The van der Waals surface area contributed by atoms with E-state index in [-0.39, 0.29) is 11.9 Å². The standard InChI is InChI=1S/C15H32N4O2/c1-12(2)9-18(6-5-15(16)17-20)10-14-11-19(13(3)4)7-8-21-14/h12-14,20H,5-11H2,1-4H3,(H2,16,17). The van der Waals surface area contributed by atoms with Crippen molar-refractivity contribution in [2.24, 2.45) is 16.8 Å². The van der Waals surface area contributed by atoms with Crippen LogP contribution in [-0.2, 0) is 4.74 Å². The second-order valence-electron chi connectivity index (χ2n) is 6.58. The number of hydrogen-bond acceptors (Lipinski definition) is 5. The molecule has 21 heavy (non-hydrogen) atoms. The highest BCUT2D eigenvalue weighted by atomic mass is 16.5. The first-order valence-corrected chi connectivity index (χ1v) is 7.96. The zero-order valence-corrected chi connectivity index (χ0v) is 14.0. The topological polar surface area (TPSA) is 74.3 Å². The molecule has 3 N–H and O–H groups in total. The third-order valence-electron chi connectivity index (χ3n) is 3.80. The smallest absolute Gasteiger partial charge is 0.140 e. The lowest BCUT2D eigenvalue weighted by molar-refractivity contribution is -0.0528. The average Bonchev–Trinajstić information content (AvgIpc) is 2.44. The van der Waals surface area contributed by atoms with Gasteiger partial charge in [0.1, 0.15) is 5.84 Å². The molecule has 1 unspecified atom stereocenters. The van der Waals surface area contributed by atoms with Gasteiger partial charge in [-0.25, -0.2) is 0 Å². The molecule has 1 fully saturated rings. The van der Waals surface area contributed by atoms with Crippen molar-refractivity contribution in [3.05, 3.63) is 0 Å². The number of nitrogens with two attached hydrogens (primary N) is 1. The molecule has 0 amide bonds. The molecule has 1 aliphatic heterocycles. The van der Waals surface area contributed by atoms with Gasteiger partial charge in [-0.3, -0.25) is 4.90 Å². The largest absolute Gasteiger partial charge is 0.409 e. The Kier molecular flexibility index (Phi) is 8.00. The fourth-order valence-electron chi connectivity index (χ4n) is 2.71. The van der Waals surface area contributed by atoms with Gasteiger partial charge in [0, 0.05) is 45.2 Å². The maximum Gasteiger partial charge on any atom is 0.140 e. The van der Waals surface area contributed by atoms with Crippen molar-refractivity contribution in [3.63, 3.8) is 0 Å². The molecule has 0 aromatic heterocycles. The molecule has 6 nitrogen and oxygen atoms in total. The van der Waals surface area contributed by atoms with Crippen LogP contribution in [0.4, 0.5) is 0 Å². The van der Waals surface area contributed by atoms with Crippen LogP contribution < -0.4 is 5.73 Å². The second kappa shape index (κ2) is 9.23. The minimum absolute atomic E-state index is 0.243. The van der Waals surface area contributed by atoms with Crippen molar-refractivity contribution in [1.82, 2.24) is 9.80 Å². The van der Waals surface area contributed by atoms with E-state index in [0.717, 1.165) is 39.3 Å². The Morgan fingerprint density at radius 1 is 1.43 bits per heavy atom. The van der Waals surface area contributed by atoms with Crippen LogP contribution in [0.3, 0.4) is 0 Å². The number of morpholine rings is 1. The monoisotopic (exact) mass is 300 g/mol. The van der Waals surface area contributed by atoms with Gasteiger partial charge in [-0.2, -0.15) is 0 Å². The molecular weight excluding hydrogens is 268 g/mol. The van der Waals surface area contributed by atoms with Gasteiger partial charge in [-0.05, 0) is 19.8 Å². The van der Waals surface area contributed by atoms with Gasteiger partial charge >= 0.3 is 0 Å². The molecule has 1 heterocycles. The zero-order chi connectivity index (χ0) is 15.8. The maximum atomic E-state index is 8.66. The van der Waals surface area contributed by atoms with Gasteiger partial charge in [0.05, 0.1) is 12.7 Å². The van der Waals surface area contributed by atoms with E-state index in [2.05, 4.69) is 42.7 Å². The quantitative estimate of drug-likeness (QED) is 0.305. The molecule has 1 saturated heterocycles. The SMILES string of the molecule is CC(C)CN(CCC(N)=NO)CC1CN(C(C)C)CCO1. The lowest BCUT2D eigenvalue weighted by Gasteiger charge is -2.38. The molecule has 1 rings (SSSR count). The Morgan fingerprint density at radius 3 is 2.71 bits per heavy atom. The number of ether oxygens (including phenoxy) is 1. The number of hydrogen-bond donors (Lipinski definition) is 2. The molecule has 0 aromatic rings. The van der Waals surface area contributed by atoms with Crippen LogP contribution in [0.2, 0.25) is 0 Å². The summed E-state index contributed by atoms with van der Waals surface area (Å²) in [6, 6.07) is 0.562. The van der Waals surface area contributed by atoms with Gasteiger partial charge in [0.15, 0.2) is 0 Å². The molecular formula is C15H32N4O2. The number of oxime groups is 1. The summed E-state index contributed by atoms with van der Waals surface area (Å²) in [5.74, 6) is 0.874. The van der Waals surface area contributed by atoms with Crippen LogP contribution in [-0.4, -0.2) is 72.3 Å². The highest BCUT2D eigenvalue weighted by molar-refractivity contribution is 5.79. The fourth-order valence-corrected chi connectivity index (χ4v) is 2.71. The van der Waals surface area contributed by atoms with Gasteiger partial charge in [0.25, 0.3) is 0 Å². The number of amidine groups is 1. The first kappa shape index (κ1) is 18.2. The minimum atomic E-state index is 0.243. The third kappa shape index (κ3) is 7.11. The molecule has 1 aliphatic rings. The molecule has 0 aliphatic carbocycles. The second-order valence-corrected chi connectivity index (χ2v) is 6.58. The summed E-state index contributed by atoms with van der Waals surface area (Å²) in [5.41, 5.74) is 5.58. The van der Waals surface area contributed by atoms with E-state index in [1.165, 1.54) is 0 Å². The summed E-state index contributed by atoms with van der Waals surface area (Å²) in [4.78, 5) is 4.82. The van der Waals surface area contributed by atoms with Crippen LogP contribution in [0.5, 0.6) is 0 Å². The summed E-state index contributed by atoms with van der Waals surface area (Å²) in [6.07, 6.45) is 0.830. The molecule has 0 aromatic carbocycles. The van der Waals surface area contributed by atoms with Gasteiger partial charge in [0.2, 0.25) is 0 Å². The Morgan fingerprint density at radius 2 is 2.14 bits per heavy atom. The van der Waals surface area contributed by atoms with Gasteiger partial charge in [-0.15, -0.1) is 0 Å². The van der Waals surface area contributed by atoms with Crippen molar-refractivity contribution in [2.75, 3.05) is 39.3 Å². The summed E-state index contributed by atoms with van der Waals surface area (Å²) in [7, 11) is 0. The Balaban J connectivity index is 2.50. The third-order valence-corrected chi connectivity index (χ3v) is 3.80. The van der Waals surface area contributed by atoms with Crippen LogP contribution in [0, 0.1) is 5.92 Å². The Bertz CT molecular complexity index is 321. The predicted molar refractivity (Wildman–Crippen MR) is 85.8 cm³/mol. The van der Waals surface area contributed by atoms with Crippen molar-refractivity contribution in [2.45, 2.75) is 46.3 Å².